The third-order valence-electron chi connectivity index (χ3n) is 3.33. The number of carbonyl (C=O) groups excluding carboxylic acids is 1. The molecular weight excluding hydrogens is 164 g/mol. The van der Waals surface area contributed by atoms with Crippen LogP contribution in [0.1, 0.15) is 26.7 Å². The van der Waals surface area contributed by atoms with Crippen molar-refractivity contribution in [2.45, 2.75) is 26.7 Å². The maximum Gasteiger partial charge on any atom is 0.309 e. The van der Waals surface area contributed by atoms with Gasteiger partial charge in [-0.2, -0.15) is 0 Å². The number of hydrogen-bond donors (Lipinski definition) is 0. The van der Waals surface area contributed by atoms with Gasteiger partial charge in [-0.25, -0.2) is 0 Å². The van der Waals surface area contributed by atoms with Gasteiger partial charge in [-0.3, -0.25) is 4.79 Å². The van der Waals surface area contributed by atoms with Gasteiger partial charge in [0.05, 0.1) is 13.0 Å². The van der Waals surface area contributed by atoms with E-state index >= 15 is 0 Å². The van der Waals surface area contributed by atoms with Gasteiger partial charge in [0.25, 0.3) is 0 Å². The Hall–Kier alpha value is -0.790. The molecule has 0 aromatic rings. The summed E-state index contributed by atoms with van der Waals surface area (Å²) in [4.78, 5) is 11.4. The number of allylic oxidation sites excluding steroid dienone is 2. The summed E-state index contributed by atoms with van der Waals surface area (Å²) >= 11 is 0. The highest BCUT2D eigenvalue weighted by Crippen LogP contribution is 2.75. The van der Waals surface area contributed by atoms with Crippen LogP contribution < -0.4 is 0 Å². The van der Waals surface area contributed by atoms with E-state index in [-0.39, 0.29) is 11.9 Å². The van der Waals surface area contributed by atoms with Gasteiger partial charge in [-0.1, -0.05) is 11.6 Å². The second-order valence-electron chi connectivity index (χ2n) is 4.50. The highest BCUT2D eigenvalue weighted by molar-refractivity contribution is 5.79. The molecule has 2 heteroatoms. The molecule has 0 N–H and O–H groups in total. The Morgan fingerprint density at radius 2 is 2.08 bits per heavy atom. The van der Waals surface area contributed by atoms with Gasteiger partial charge in [0.2, 0.25) is 0 Å². The van der Waals surface area contributed by atoms with Gasteiger partial charge in [0.1, 0.15) is 0 Å². The van der Waals surface area contributed by atoms with Crippen LogP contribution in [0.4, 0.5) is 0 Å². The van der Waals surface area contributed by atoms with E-state index in [9.17, 15) is 4.79 Å². The molecule has 2 aliphatic rings. The van der Waals surface area contributed by atoms with Crippen molar-refractivity contribution in [1.29, 1.82) is 0 Å². The maximum atomic E-state index is 11.4. The first-order valence-corrected chi connectivity index (χ1v) is 4.84. The van der Waals surface area contributed by atoms with Gasteiger partial charge >= 0.3 is 5.97 Å². The minimum absolute atomic E-state index is 0.0139. The first-order valence-electron chi connectivity index (χ1n) is 4.84. The zero-order chi connectivity index (χ0) is 9.64. The van der Waals surface area contributed by atoms with Crippen LogP contribution in [-0.2, 0) is 9.53 Å². The molecule has 2 fully saturated rings. The van der Waals surface area contributed by atoms with Gasteiger partial charge in [-0.15, -0.1) is 0 Å². The average Bonchev–Trinajstić information content (AvgIpc) is 2.93. The predicted molar refractivity (Wildman–Crippen MR) is 50.1 cm³/mol. The van der Waals surface area contributed by atoms with Crippen LogP contribution in [0, 0.1) is 17.3 Å². The van der Waals surface area contributed by atoms with Gasteiger partial charge in [-0.05, 0) is 38.0 Å². The molecule has 0 heterocycles. The van der Waals surface area contributed by atoms with E-state index < -0.39 is 0 Å². The molecule has 72 valence electrons. The van der Waals surface area contributed by atoms with Gasteiger partial charge < -0.3 is 4.74 Å². The molecule has 0 radical (unpaired) electrons. The Labute approximate surface area is 79.0 Å². The van der Waals surface area contributed by atoms with Crippen molar-refractivity contribution in [1.82, 2.24) is 0 Å². The molecule has 2 atom stereocenters. The van der Waals surface area contributed by atoms with Crippen molar-refractivity contribution in [3.8, 4) is 0 Å². The van der Waals surface area contributed by atoms with E-state index in [0.29, 0.717) is 11.3 Å². The molecule has 0 aromatic heterocycles. The lowest BCUT2D eigenvalue weighted by atomic mass is 10.2. The van der Waals surface area contributed by atoms with Gasteiger partial charge in [0, 0.05) is 0 Å². The predicted octanol–water partition coefficient (Wildman–Crippen LogP) is 2.15. The van der Waals surface area contributed by atoms with Crippen molar-refractivity contribution in [3.63, 3.8) is 0 Å². The fraction of sp³-hybridized carbons (Fsp3) is 0.727. The number of esters is 1. The summed E-state index contributed by atoms with van der Waals surface area (Å²) in [5, 5.41) is 0. The number of ether oxygens (including phenoxy) is 1. The number of rotatable bonds is 2. The Kier molecular flexibility index (Phi) is 1.76. The van der Waals surface area contributed by atoms with E-state index in [1.165, 1.54) is 25.5 Å². The normalized spacial score (nSPS) is 32.5. The molecule has 0 bridgehead atoms. The number of carbonyl (C=O) groups is 1. The molecule has 0 aromatic carbocycles. The molecule has 13 heavy (non-hydrogen) atoms. The molecule has 2 unspecified atom stereocenters. The lowest BCUT2D eigenvalue weighted by Gasteiger charge is -1.94. The smallest absolute Gasteiger partial charge is 0.309 e. The first kappa shape index (κ1) is 8.79. The molecule has 0 saturated heterocycles. The second kappa shape index (κ2) is 2.60. The zero-order valence-corrected chi connectivity index (χ0v) is 8.46. The number of hydrogen-bond acceptors (Lipinski definition) is 2. The topological polar surface area (TPSA) is 26.3 Å². The fourth-order valence-corrected chi connectivity index (χ4v) is 2.44. The third kappa shape index (κ3) is 1.19. The molecule has 0 aliphatic heterocycles. The highest BCUT2D eigenvalue weighted by Gasteiger charge is 2.74. The first-order chi connectivity index (χ1) is 6.12. The van der Waals surface area contributed by atoms with Crippen LogP contribution in [0.2, 0.25) is 0 Å². The van der Waals surface area contributed by atoms with Crippen LogP contribution in [0.25, 0.3) is 0 Å². The van der Waals surface area contributed by atoms with E-state index in [2.05, 4.69) is 19.9 Å². The zero-order valence-electron chi connectivity index (χ0n) is 8.46. The van der Waals surface area contributed by atoms with E-state index in [4.69, 9.17) is 4.74 Å². The van der Waals surface area contributed by atoms with Crippen LogP contribution in [0.15, 0.2) is 11.6 Å². The van der Waals surface area contributed by atoms with Gasteiger partial charge in [0.15, 0.2) is 0 Å². The summed E-state index contributed by atoms with van der Waals surface area (Å²) in [6.45, 7) is 4.17. The standard InChI is InChI=1S/C11H16O2/c1-7(2)6-8-9(10(12)13-3)11(8)4-5-11/h6,8-9H,4-5H2,1-3H3. The second-order valence-corrected chi connectivity index (χ2v) is 4.50. The fourth-order valence-electron chi connectivity index (χ4n) is 2.44. The summed E-state index contributed by atoms with van der Waals surface area (Å²) in [5.41, 5.74) is 1.65. The monoisotopic (exact) mass is 180 g/mol. The Balaban J connectivity index is 2.08. The quantitative estimate of drug-likeness (QED) is 0.481. The minimum atomic E-state index is -0.0139. The van der Waals surface area contributed by atoms with E-state index in [1.807, 2.05) is 0 Å². The summed E-state index contributed by atoms with van der Waals surface area (Å²) in [5.74, 6) is 0.636. The van der Waals surface area contributed by atoms with E-state index in [1.54, 1.807) is 0 Å². The van der Waals surface area contributed by atoms with Crippen molar-refractivity contribution in [3.05, 3.63) is 11.6 Å². The van der Waals surface area contributed by atoms with Crippen molar-refractivity contribution < 1.29 is 9.53 Å². The molecular formula is C11H16O2. The Bertz CT molecular complexity index is 270. The highest BCUT2D eigenvalue weighted by atomic mass is 16.5. The molecule has 2 saturated carbocycles. The van der Waals surface area contributed by atoms with Crippen molar-refractivity contribution >= 4 is 5.97 Å². The molecule has 0 amide bonds. The van der Waals surface area contributed by atoms with E-state index in [0.717, 1.165) is 0 Å². The largest absolute Gasteiger partial charge is 0.469 e. The van der Waals surface area contributed by atoms with Crippen molar-refractivity contribution in [2.75, 3.05) is 7.11 Å². The lowest BCUT2D eigenvalue weighted by Crippen LogP contribution is -2.05. The third-order valence-corrected chi connectivity index (χ3v) is 3.33. The van der Waals surface area contributed by atoms with Crippen LogP contribution in [0.5, 0.6) is 0 Å². The number of methoxy groups -OCH3 is 1. The van der Waals surface area contributed by atoms with Crippen LogP contribution in [-0.4, -0.2) is 13.1 Å². The Morgan fingerprint density at radius 1 is 1.46 bits per heavy atom. The Morgan fingerprint density at radius 3 is 2.46 bits per heavy atom. The molecule has 2 rings (SSSR count). The molecule has 2 nitrogen and oxygen atoms in total. The SMILES string of the molecule is COC(=O)C1C(C=C(C)C)C12CC2. The summed E-state index contributed by atoms with van der Waals surface area (Å²) in [7, 11) is 1.48. The summed E-state index contributed by atoms with van der Waals surface area (Å²) < 4.78 is 4.79. The lowest BCUT2D eigenvalue weighted by molar-refractivity contribution is -0.142. The molecule has 2 aliphatic carbocycles. The van der Waals surface area contributed by atoms with Crippen LogP contribution >= 0.6 is 0 Å². The van der Waals surface area contributed by atoms with Crippen molar-refractivity contribution in [2.24, 2.45) is 17.3 Å². The summed E-state index contributed by atoms with van der Waals surface area (Å²) in [6, 6.07) is 0. The summed E-state index contributed by atoms with van der Waals surface area (Å²) in [6.07, 6.45) is 4.65. The average molecular weight is 180 g/mol. The maximum absolute atomic E-state index is 11.4. The molecule has 1 spiro atoms. The van der Waals surface area contributed by atoms with Crippen LogP contribution in [0.3, 0.4) is 0 Å². The minimum Gasteiger partial charge on any atom is -0.469 e.